The van der Waals surface area contributed by atoms with Gasteiger partial charge in [-0.2, -0.15) is 0 Å². The van der Waals surface area contributed by atoms with Gasteiger partial charge in [-0.05, 0) is 12.8 Å². The van der Waals surface area contributed by atoms with Crippen LogP contribution in [0.1, 0.15) is 18.5 Å². The molecule has 6 nitrogen and oxygen atoms in total. The van der Waals surface area contributed by atoms with Gasteiger partial charge in [-0.3, -0.25) is 5.41 Å². The summed E-state index contributed by atoms with van der Waals surface area (Å²) in [7, 11) is 0. The van der Waals surface area contributed by atoms with Crippen molar-refractivity contribution in [2.24, 2.45) is 5.73 Å². The number of hydrogen-bond donors (Lipinski definition) is 3. The third-order valence-corrected chi connectivity index (χ3v) is 2.79. The van der Waals surface area contributed by atoms with Crippen molar-refractivity contribution in [3.63, 3.8) is 0 Å². The standard InChI is InChI=1S/C10H15N5O/c11-9(12)8-10(14-4-3-13-8)15-5-1-2-7(15)6-16/h3-4,7,16H,1-2,5-6H2,(H3,11,12). The predicted octanol–water partition coefficient (Wildman–Crippen LogP) is -0.278. The predicted molar refractivity (Wildman–Crippen MR) is 60.5 cm³/mol. The van der Waals surface area contributed by atoms with E-state index >= 15 is 0 Å². The number of nitrogens with zero attached hydrogens (tertiary/aromatic N) is 3. The SMILES string of the molecule is N=C(N)c1nccnc1N1CCCC1CO. The van der Waals surface area contributed by atoms with Gasteiger partial charge in [0.15, 0.2) is 5.82 Å². The van der Waals surface area contributed by atoms with Crippen LogP contribution in [0.4, 0.5) is 5.82 Å². The first-order chi connectivity index (χ1) is 7.74. The zero-order valence-electron chi connectivity index (χ0n) is 8.93. The van der Waals surface area contributed by atoms with E-state index in [-0.39, 0.29) is 18.5 Å². The monoisotopic (exact) mass is 221 g/mol. The smallest absolute Gasteiger partial charge is 0.158 e. The van der Waals surface area contributed by atoms with Crippen LogP contribution < -0.4 is 10.6 Å². The van der Waals surface area contributed by atoms with Gasteiger partial charge in [0.1, 0.15) is 11.5 Å². The minimum absolute atomic E-state index is 0.0646. The van der Waals surface area contributed by atoms with Crippen molar-refractivity contribution >= 4 is 11.7 Å². The first-order valence-corrected chi connectivity index (χ1v) is 5.27. The molecule has 0 saturated carbocycles. The molecule has 0 amide bonds. The maximum absolute atomic E-state index is 9.25. The number of hydrogen-bond acceptors (Lipinski definition) is 5. The van der Waals surface area contributed by atoms with Crippen molar-refractivity contribution in [2.75, 3.05) is 18.1 Å². The molecule has 4 N–H and O–H groups in total. The lowest BCUT2D eigenvalue weighted by atomic mass is 10.2. The van der Waals surface area contributed by atoms with Gasteiger partial charge in [0.25, 0.3) is 0 Å². The Balaban J connectivity index is 2.35. The summed E-state index contributed by atoms with van der Waals surface area (Å²) in [6.07, 6.45) is 5.04. The second-order valence-corrected chi connectivity index (χ2v) is 3.81. The van der Waals surface area contributed by atoms with E-state index in [0.29, 0.717) is 11.5 Å². The summed E-state index contributed by atoms with van der Waals surface area (Å²) in [5, 5.41) is 16.7. The number of anilines is 1. The first kappa shape index (κ1) is 10.8. The van der Waals surface area contributed by atoms with Crippen molar-refractivity contribution < 1.29 is 5.11 Å². The molecule has 1 aliphatic heterocycles. The highest BCUT2D eigenvalue weighted by atomic mass is 16.3. The number of nitrogens with one attached hydrogen (secondary N) is 1. The second kappa shape index (κ2) is 4.44. The Morgan fingerprint density at radius 2 is 2.31 bits per heavy atom. The summed E-state index contributed by atoms with van der Waals surface area (Å²) in [4.78, 5) is 10.2. The summed E-state index contributed by atoms with van der Waals surface area (Å²) in [5.41, 5.74) is 5.85. The van der Waals surface area contributed by atoms with Crippen LogP contribution in [0.5, 0.6) is 0 Å². The van der Waals surface area contributed by atoms with E-state index in [2.05, 4.69) is 9.97 Å². The maximum atomic E-state index is 9.25. The van der Waals surface area contributed by atoms with Gasteiger partial charge >= 0.3 is 0 Å². The fraction of sp³-hybridized carbons (Fsp3) is 0.500. The summed E-state index contributed by atoms with van der Waals surface area (Å²) < 4.78 is 0. The summed E-state index contributed by atoms with van der Waals surface area (Å²) in [6, 6.07) is 0.0646. The van der Waals surface area contributed by atoms with Crippen LogP contribution in [0.3, 0.4) is 0 Å². The van der Waals surface area contributed by atoms with Crippen LogP contribution in [0.2, 0.25) is 0 Å². The van der Waals surface area contributed by atoms with Crippen molar-refractivity contribution in [1.29, 1.82) is 5.41 Å². The first-order valence-electron chi connectivity index (χ1n) is 5.27. The minimum atomic E-state index is -0.0910. The Hall–Kier alpha value is -1.69. The molecule has 0 radical (unpaired) electrons. The number of aliphatic hydroxyl groups is 1. The molecular formula is C10H15N5O. The second-order valence-electron chi connectivity index (χ2n) is 3.81. The topological polar surface area (TPSA) is 99.1 Å². The lowest BCUT2D eigenvalue weighted by Crippen LogP contribution is -2.35. The van der Waals surface area contributed by atoms with Crippen LogP contribution in [-0.4, -0.2) is 40.1 Å². The zero-order valence-corrected chi connectivity index (χ0v) is 8.93. The molecule has 1 saturated heterocycles. The molecule has 1 fully saturated rings. The molecule has 1 aromatic rings. The van der Waals surface area contributed by atoms with E-state index in [0.717, 1.165) is 19.4 Å². The molecule has 0 spiro atoms. The maximum Gasteiger partial charge on any atom is 0.158 e. The Labute approximate surface area is 93.6 Å². The average Bonchev–Trinajstić information content (AvgIpc) is 2.76. The van der Waals surface area contributed by atoms with E-state index in [1.807, 2.05) is 4.90 Å². The molecule has 2 rings (SSSR count). The normalized spacial score (nSPS) is 20.1. The highest BCUT2D eigenvalue weighted by Crippen LogP contribution is 2.25. The molecule has 0 aromatic carbocycles. The molecule has 6 heteroatoms. The van der Waals surface area contributed by atoms with Crippen molar-refractivity contribution in [1.82, 2.24) is 9.97 Å². The fourth-order valence-electron chi connectivity index (χ4n) is 2.04. The van der Waals surface area contributed by atoms with Crippen molar-refractivity contribution in [3.05, 3.63) is 18.1 Å². The van der Waals surface area contributed by atoms with Crippen LogP contribution >= 0.6 is 0 Å². The Morgan fingerprint density at radius 3 is 3.00 bits per heavy atom. The van der Waals surface area contributed by atoms with Gasteiger partial charge in [-0.15, -0.1) is 0 Å². The number of nitrogens with two attached hydrogens (primary N) is 1. The third-order valence-electron chi connectivity index (χ3n) is 2.79. The summed E-state index contributed by atoms with van der Waals surface area (Å²) >= 11 is 0. The average molecular weight is 221 g/mol. The number of aliphatic hydroxyl groups excluding tert-OH is 1. The molecule has 16 heavy (non-hydrogen) atoms. The van der Waals surface area contributed by atoms with Gasteiger partial charge in [0, 0.05) is 18.9 Å². The minimum Gasteiger partial charge on any atom is -0.394 e. The van der Waals surface area contributed by atoms with E-state index < -0.39 is 0 Å². The van der Waals surface area contributed by atoms with Gasteiger partial charge < -0.3 is 15.7 Å². The Bertz CT molecular complexity index is 395. The van der Waals surface area contributed by atoms with E-state index in [1.165, 1.54) is 6.20 Å². The molecule has 1 aromatic heterocycles. The molecule has 0 aliphatic carbocycles. The molecule has 0 bridgehead atoms. The highest BCUT2D eigenvalue weighted by Gasteiger charge is 2.27. The van der Waals surface area contributed by atoms with Crippen LogP contribution in [0.25, 0.3) is 0 Å². The molecule has 2 heterocycles. The van der Waals surface area contributed by atoms with Gasteiger partial charge in [0.2, 0.25) is 0 Å². The number of amidine groups is 1. The van der Waals surface area contributed by atoms with E-state index in [9.17, 15) is 5.11 Å². The lowest BCUT2D eigenvalue weighted by molar-refractivity contribution is 0.266. The Morgan fingerprint density at radius 1 is 1.56 bits per heavy atom. The van der Waals surface area contributed by atoms with Crippen molar-refractivity contribution in [3.8, 4) is 0 Å². The molecule has 1 unspecified atom stereocenters. The summed E-state index contributed by atoms with van der Waals surface area (Å²) in [5.74, 6) is 0.512. The van der Waals surface area contributed by atoms with Gasteiger partial charge in [-0.25, -0.2) is 9.97 Å². The zero-order chi connectivity index (χ0) is 11.5. The van der Waals surface area contributed by atoms with E-state index in [1.54, 1.807) is 6.20 Å². The third kappa shape index (κ3) is 1.83. The number of rotatable bonds is 3. The number of nitrogen functional groups attached to an aromatic ring is 1. The largest absolute Gasteiger partial charge is 0.394 e. The molecule has 1 aliphatic rings. The quantitative estimate of drug-likeness (QED) is 0.481. The molecular weight excluding hydrogens is 206 g/mol. The van der Waals surface area contributed by atoms with Crippen LogP contribution in [0, 0.1) is 5.41 Å². The molecule has 86 valence electrons. The van der Waals surface area contributed by atoms with E-state index in [4.69, 9.17) is 11.1 Å². The summed E-state index contributed by atoms with van der Waals surface area (Å²) in [6.45, 7) is 0.915. The van der Waals surface area contributed by atoms with Crippen molar-refractivity contribution in [2.45, 2.75) is 18.9 Å². The van der Waals surface area contributed by atoms with Gasteiger partial charge in [-0.1, -0.05) is 0 Å². The Kier molecular flexibility index (Phi) is 3.00. The molecule has 1 atom stereocenters. The fourth-order valence-corrected chi connectivity index (χ4v) is 2.04. The highest BCUT2D eigenvalue weighted by molar-refractivity contribution is 5.97. The van der Waals surface area contributed by atoms with Gasteiger partial charge in [0.05, 0.1) is 12.6 Å². The van der Waals surface area contributed by atoms with Crippen LogP contribution in [-0.2, 0) is 0 Å². The lowest BCUT2D eigenvalue weighted by Gasteiger charge is -2.25. The van der Waals surface area contributed by atoms with Crippen LogP contribution in [0.15, 0.2) is 12.4 Å². The number of aromatic nitrogens is 2.